The van der Waals surface area contributed by atoms with Crippen LogP contribution < -0.4 is 9.47 Å². The van der Waals surface area contributed by atoms with Crippen LogP contribution in [-0.2, 0) is 25.1 Å². The van der Waals surface area contributed by atoms with Gasteiger partial charge in [-0.15, -0.1) is 0 Å². The molecule has 2 fully saturated rings. The summed E-state index contributed by atoms with van der Waals surface area (Å²) in [6.45, 7) is 5.41. The van der Waals surface area contributed by atoms with Crippen LogP contribution >= 0.6 is 0 Å². The molecule has 0 amide bonds. The van der Waals surface area contributed by atoms with Gasteiger partial charge in [-0.2, -0.15) is 8.78 Å². The van der Waals surface area contributed by atoms with Gasteiger partial charge in [-0.25, -0.2) is 57.5 Å². The molecule has 6 aromatic rings. The van der Waals surface area contributed by atoms with E-state index in [0.717, 1.165) is 43.2 Å². The topological polar surface area (TPSA) is 72.5 Å². The van der Waals surface area contributed by atoms with Crippen molar-refractivity contribution < 1.29 is 94.7 Å². The molecule has 0 aliphatic carbocycles. The molecule has 0 spiro atoms. The molecule has 0 aromatic heterocycles. The fraction of sp³-hybridized carbons (Fsp3) is 0.260. The second kappa shape index (κ2) is 21.8. The van der Waals surface area contributed by atoms with Gasteiger partial charge in [0.1, 0.15) is 57.5 Å². The first-order valence-electron chi connectivity index (χ1n) is 21.3. The van der Waals surface area contributed by atoms with Crippen LogP contribution in [0, 0.1) is 81.6 Å². The molecule has 0 N–H and O–H groups in total. The number of carbonyl (C=O) groups is 1. The number of rotatable bonds is 11. The molecule has 6 aromatic carbocycles. The number of ether oxygens (including phenoxy) is 6. The highest BCUT2D eigenvalue weighted by atomic mass is 19.3. The Labute approximate surface area is 394 Å². The van der Waals surface area contributed by atoms with Gasteiger partial charge in [0.2, 0.25) is 0 Å². The molecule has 0 atom stereocenters. The SMILES string of the molecule is CC1COC(c2cc(F)c(C(=O)Oc3ccc(-c4cc(F)c(F)c(F)c4)c(F)c3)c(F)c2)OC1.CCCC1COC(c2ccc(-c3cc(F)c(C(F)(F)Oc4cc(F)c(F)c(F)c4)c(F)c3)c(F)c2)OC1. The lowest BCUT2D eigenvalue weighted by Gasteiger charge is -2.29. The molecule has 2 aliphatic heterocycles. The van der Waals surface area contributed by atoms with E-state index >= 15 is 0 Å². The van der Waals surface area contributed by atoms with Crippen LogP contribution in [0.2, 0.25) is 0 Å². The molecule has 8 rings (SSSR count). The Morgan fingerprint density at radius 2 is 0.972 bits per heavy atom. The van der Waals surface area contributed by atoms with Crippen molar-refractivity contribution in [2.24, 2.45) is 11.8 Å². The Morgan fingerprint density at radius 3 is 1.48 bits per heavy atom. The first-order valence-corrected chi connectivity index (χ1v) is 21.3. The summed E-state index contributed by atoms with van der Waals surface area (Å²) in [5.74, 6) is -21.2. The minimum absolute atomic E-state index is 0.0348. The largest absolute Gasteiger partial charge is 0.432 e. The molecular formula is C50H36F14O7. The maximum Gasteiger partial charge on any atom is 0.432 e. The third-order valence-electron chi connectivity index (χ3n) is 10.8. The van der Waals surface area contributed by atoms with Gasteiger partial charge >= 0.3 is 12.1 Å². The summed E-state index contributed by atoms with van der Waals surface area (Å²) in [5, 5.41) is 0. The van der Waals surface area contributed by atoms with Crippen molar-refractivity contribution in [1.82, 2.24) is 0 Å². The highest BCUT2D eigenvalue weighted by molar-refractivity contribution is 5.91. The normalized spacial score (nSPS) is 18.1. The van der Waals surface area contributed by atoms with Crippen LogP contribution in [0.1, 0.15) is 66.3 Å². The summed E-state index contributed by atoms with van der Waals surface area (Å²) in [6, 6.07) is 10.5. The van der Waals surface area contributed by atoms with E-state index in [9.17, 15) is 66.3 Å². The lowest BCUT2D eigenvalue weighted by Crippen LogP contribution is -2.27. The fourth-order valence-electron chi connectivity index (χ4n) is 7.40. The van der Waals surface area contributed by atoms with Gasteiger partial charge in [-0.05, 0) is 72.1 Å². The van der Waals surface area contributed by atoms with E-state index in [-0.39, 0.29) is 46.2 Å². The molecule has 7 nitrogen and oxygen atoms in total. The zero-order chi connectivity index (χ0) is 51.5. The van der Waals surface area contributed by atoms with E-state index < -0.39 is 123 Å². The average Bonchev–Trinajstić information content (AvgIpc) is 3.30. The van der Waals surface area contributed by atoms with Gasteiger partial charge in [-0.1, -0.05) is 32.4 Å². The van der Waals surface area contributed by atoms with E-state index in [2.05, 4.69) is 4.74 Å². The number of halogens is 14. The van der Waals surface area contributed by atoms with Crippen LogP contribution in [0.25, 0.3) is 22.3 Å². The van der Waals surface area contributed by atoms with E-state index in [0.29, 0.717) is 62.3 Å². The lowest BCUT2D eigenvalue weighted by molar-refractivity contribution is -0.206. The lowest BCUT2D eigenvalue weighted by atomic mass is 10.00. The minimum Gasteiger partial charge on any atom is -0.429 e. The third-order valence-corrected chi connectivity index (χ3v) is 10.8. The zero-order valence-corrected chi connectivity index (χ0v) is 36.8. The van der Waals surface area contributed by atoms with Gasteiger partial charge in [0.15, 0.2) is 47.5 Å². The summed E-state index contributed by atoms with van der Waals surface area (Å²) >= 11 is 0. The predicted octanol–water partition coefficient (Wildman–Crippen LogP) is 13.9. The Hall–Kier alpha value is -6.55. The quantitative estimate of drug-likeness (QED) is 0.0554. The monoisotopic (exact) mass is 1010 g/mol. The molecule has 2 heterocycles. The van der Waals surface area contributed by atoms with Crippen molar-refractivity contribution in [3.8, 4) is 33.8 Å². The standard InChI is InChI=1S/C26H20F8O3.C24H16F6O4/c1-2-3-13-11-35-25(36-12-13)14-4-5-17(18(27)6-14)15-7-19(28)23(20(29)8-15)26(33,34)37-16-9-21(30)24(32)22(31)10-16;1-11-9-32-24(33-10-11)13-6-17(26)21(18(27)7-13)23(31)34-14-2-3-15(16(25)8-14)12-4-19(28)22(30)20(29)5-12/h4-10,13,25H,2-3,11-12H2,1H3;2-8,11,24H,9-10H2,1H3. The Bertz CT molecular complexity index is 2840. The van der Waals surface area contributed by atoms with Gasteiger partial charge in [-0.3, -0.25) is 0 Å². The number of hydrogen-bond acceptors (Lipinski definition) is 7. The molecule has 0 bridgehead atoms. The van der Waals surface area contributed by atoms with Crippen molar-refractivity contribution in [2.45, 2.75) is 45.4 Å². The molecule has 21 heteroatoms. The van der Waals surface area contributed by atoms with Gasteiger partial charge in [0, 0.05) is 52.3 Å². The van der Waals surface area contributed by atoms with Gasteiger partial charge in [0.25, 0.3) is 0 Å². The third kappa shape index (κ3) is 12.0. The smallest absolute Gasteiger partial charge is 0.429 e. The Balaban J connectivity index is 0.000000209. The molecular weight excluding hydrogens is 979 g/mol. The summed E-state index contributed by atoms with van der Waals surface area (Å²) in [6.07, 6.45) is -4.71. The van der Waals surface area contributed by atoms with E-state index in [1.165, 1.54) is 12.1 Å². The van der Waals surface area contributed by atoms with Crippen molar-refractivity contribution in [2.75, 3.05) is 26.4 Å². The van der Waals surface area contributed by atoms with Crippen LogP contribution in [0.4, 0.5) is 61.5 Å². The average molecular weight is 1010 g/mol. The summed E-state index contributed by atoms with van der Waals surface area (Å²) in [5.41, 5.74) is -3.85. The van der Waals surface area contributed by atoms with Crippen molar-refractivity contribution in [3.05, 3.63) is 177 Å². The van der Waals surface area contributed by atoms with Crippen molar-refractivity contribution in [3.63, 3.8) is 0 Å². The minimum atomic E-state index is -4.75. The van der Waals surface area contributed by atoms with Crippen LogP contribution in [0.15, 0.2) is 84.9 Å². The molecule has 0 saturated carbocycles. The molecule has 2 aliphatic rings. The number of alkyl halides is 2. The highest BCUT2D eigenvalue weighted by Crippen LogP contribution is 2.39. The first-order chi connectivity index (χ1) is 33.6. The second-order valence-electron chi connectivity index (χ2n) is 16.3. The van der Waals surface area contributed by atoms with E-state index in [1.807, 2.05) is 13.8 Å². The number of hydrogen-bond donors (Lipinski definition) is 0. The summed E-state index contributed by atoms with van der Waals surface area (Å²) < 4.78 is 227. The van der Waals surface area contributed by atoms with Crippen LogP contribution in [0.5, 0.6) is 11.5 Å². The number of benzene rings is 6. The van der Waals surface area contributed by atoms with Crippen LogP contribution in [-0.4, -0.2) is 32.4 Å². The summed E-state index contributed by atoms with van der Waals surface area (Å²) in [7, 11) is 0. The van der Waals surface area contributed by atoms with Crippen molar-refractivity contribution >= 4 is 5.97 Å². The Morgan fingerprint density at radius 1 is 0.535 bits per heavy atom. The zero-order valence-electron chi connectivity index (χ0n) is 36.8. The van der Waals surface area contributed by atoms with Gasteiger partial charge < -0.3 is 28.4 Å². The molecule has 0 unspecified atom stereocenters. The number of esters is 1. The van der Waals surface area contributed by atoms with Crippen LogP contribution in [0.3, 0.4) is 0 Å². The maximum atomic E-state index is 14.9. The number of carbonyl (C=O) groups excluding carboxylic acids is 1. The van der Waals surface area contributed by atoms with E-state index in [4.69, 9.17) is 23.7 Å². The predicted molar refractivity (Wildman–Crippen MR) is 222 cm³/mol. The maximum absolute atomic E-state index is 14.9. The molecule has 71 heavy (non-hydrogen) atoms. The molecule has 2 saturated heterocycles. The van der Waals surface area contributed by atoms with E-state index in [1.54, 1.807) is 0 Å². The van der Waals surface area contributed by atoms with Crippen molar-refractivity contribution in [1.29, 1.82) is 0 Å². The second-order valence-corrected chi connectivity index (χ2v) is 16.3. The first kappa shape index (κ1) is 52.3. The summed E-state index contributed by atoms with van der Waals surface area (Å²) in [4.78, 5) is 12.4. The fourth-order valence-corrected chi connectivity index (χ4v) is 7.40. The Kier molecular flexibility index (Phi) is 16.1. The molecule has 0 radical (unpaired) electrons. The molecule has 376 valence electrons. The van der Waals surface area contributed by atoms with Gasteiger partial charge in [0.05, 0.1) is 26.4 Å². The highest BCUT2D eigenvalue weighted by Gasteiger charge is 2.42.